The number of carboxylic acid groups (broad SMARTS) is 2. The number of nitrogens with zero attached hydrogens (tertiary/aromatic N) is 3. The summed E-state index contributed by atoms with van der Waals surface area (Å²) in [7, 11) is 0. The number of aliphatic carboxylic acids is 2. The van der Waals surface area contributed by atoms with E-state index in [1.807, 2.05) is 0 Å². The number of rotatable bonds is 42. The zero-order valence-electron chi connectivity index (χ0n) is 58.6. The number of carboxylic acids is 2. The minimum atomic E-state index is -1.81. The van der Waals surface area contributed by atoms with Gasteiger partial charge in [-0.1, -0.05) is 71.9 Å². The number of aliphatic imine (C=N–C) groups is 1. The standard InChI is InChI=1S/C64H103N17O21/c1-31(2)25-41(63(101)102)74-50(88)35(8)70-57(95)45-18-14-24-81(45)62(100)44(30-85)77-51(89)34(7)69-55(93)42(28-83)75-54(92)40(26-36-15-10-9-11-16-36)73-60(98)49(33(5)6)78-53(91)38(17-12-22-68-64(66)67)71-52(90)39(20-21-47(86)87)72-59(97)48(32(3)4)79-56(94)43(29-84)76-58(96)46-19-13-23-80(46)61(99)37(65)27-82/h9-11,15-16,31-35,37-46,48-49,82-85H,12-14,17-30,65H2,1-8H3,(H,69,93)(H,70,95)(H,71,90)(H,72,97)(H,73,98)(H,74,88)(H,75,92)(H,76,96)(H,77,89)(H,78,91)(H,79,94)(H,86,87)(H,101,102)(H4,66,67,68)/t34-,35-,37-,38-,39-,40-,41-,42-,43-,44-,45-,46-,48-,49-/m0/s1. The van der Waals surface area contributed by atoms with E-state index in [9.17, 15) is 103 Å². The fraction of sp³-hybridized carbons (Fsp3) is 0.656. The number of carbonyl (C=O) groups excluding carboxylic acids is 13. The molecule has 0 radical (unpaired) electrons. The Morgan fingerprint density at radius 1 is 0.480 bits per heavy atom. The first-order chi connectivity index (χ1) is 48.0. The van der Waals surface area contributed by atoms with Gasteiger partial charge in [-0.3, -0.25) is 72.1 Å². The van der Waals surface area contributed by atoms with Crippen LogP contribution < -0.4 is 75.7 Å². The van der Waals surface area contributed by atoms with Gasteiger partial charge in [-0.15, -0.1) is 0 Å². The van der Waals surface area contributed by atoms with Gasteiger partial charge in [0.2, 0.25) is 76.8 Å². The van der Waals surface area contributed by atoms with Gasteiger partial charge in [0.15, 0.2) is 5.96 Å². The molecule has 0 bridgehead atoms. The van der Waals surface area contributed by atoms with Crippen molar-refractivity contribution in [3.05, 3.63) is 35.9 Å². The van der Waals surface area contributed by atoms with Crippen molar-refractivity contribution in [1.29, 1.82) is 0 Å². The number of aliphatic hydroxyl groups is 4. The molecular formula is C64H103N17O21. The Morgan fingerprint density at radius 3 is 1.39 bits per heavy atom. The SMILES string of the molecule is CC(C)C[C@H](NC(=O)[C@H](C)NC(=O)[C@@H]1CCCN1C(=O)[C@H](CO)NC(=O)[C@H](C)NC(=O)[C@H](CO)NC(=O)[C@H](Cc1ccccc1)NC(=O)[C@@H](NC(=O)[C@H](CCCN=C(N)N)NC(=O)[C@H](CCC(=O)O)NC(=O)[C@@H](NC(=O)[C@H](CO)NC(=O)[C@@H]1CCCN1C(=O)[C@@H](N)CO)C(C)C)C(C)C)C(=O)O. The number of guanidine groups is 1. The highest BCUT2D eigenvalue weighted by atomic mass is 16.4. The maximum absolute atomic E-state index is 14.5. The summed E-state index contributed by atoms with van der Waals surface area (Å²) in [6.45, 7) is 8.36. The number of amides is 13. The smallest absolute Gasteiger partial charge is 0.326 e. The van der Waals surface area contributed by atoms with Crippen LogP contribution in [0.3, 0.4) is 0 Å². The van der Waals surface area contributed by atoms with Crippen LogP contribution in [0.5, 0.6) is 0 Å². The average molecular weight is 1450 g/mol. The molecule has 1 aromatic carbocycles. The normalized spacial score (nSPS) is 17.8. The maximum Gasteiger partial charge on any atom is 0.326 e. The molecule has 2 heterocycles. The van der Waals surface area contributed by atoms with Crippen LogP contribution in [-0.4, -0.2) is 266 Å². The molecule has 2 aliphatic rings. The number of benzene rings is 1. The van der Waals surface area contributed by atoms with Crippen LogP contribution in [0, 0.1) is 17.8 Å². The van der Waals surface area contributed by atoms with E-state index < -0.39 is 224 Å². The number of nitrogens with two attached hydrogens (primary N) is 3. The van der Waals surface area contributed by atoms with Gasteiger partial charge in [-0.05, 0) is 88.5 Å². The van der Waals surface area contributed by atoms with Gasteiger partial charge in [0, 0.05) is 32.5 Å². The van der Waals surface area contributed by atoms with Crippen molar-refractivity contribution in [1.82, 2.24) is 68.3 Å². The second-order valence-electron chi connectivity index (χ2n) is 26.1. The zero-order chi connectivity index (χ0) is 76.8. The van der Waals surface area contributed by atoms with Gasteiger partial charge in [0.25, 0.3) is 0 Å². The van der Waals surface area contributed by atoms with Crippen LogP contribution >= 0.6 is 0 Å². The summed E-state index contributed by atoms with van der Waals surface area (Å²) in [6.07, 6.45) is -0.737. The monoisotopic (exact) mass is 1450 g/mol. The van der Waals surface area contributed by atoms with Gasteiger partial charge in [0.1, 0.15) is 84.6 Å². The van der Waals surface area contributed by atoms with Crippen molar-refractivity contribution in [2.45, 2.75) is 204 Å². The molecule has 0 aromatic heterocycles. The van der Waals surface area contributed by atoms with Crippen molar-refractivity contribution in [3.8, 4) is 0 Å². The third-order valence-corrected chi connectivity index (χ3v) is 16.7. The molecule has 14 atom stereocenters. The largest absolute Gasteiger partial charge is 0.481 e. The first kappa shape index (κ1) is 86.6. The van der Waals surface area contributed by atoms with E-state index in [1.54, 1.807) is 44.2 Å². The van der Waals surface area contributed by atoms with Gasteiger partial charge in [-0.25, -0.2) is 4.79 Å². The van der Waals surface area contributed by atoms with Crippen molar-refractivity contribution >= 4 is 94.7 Å². The predicted octanol–water partition coefficient (Wildman–Crippen LogP) is -7.76. The lowest BCUT2D eigenvalue weighted by molar-refractivity contribution is -0.144. The van der Waals surface area contributed by atoms with Crippen LogP contribution in [0.4, 0.5) is 0 Å². The zero-order valence-corrected chi connectivity index (χ0v) is 58.6. The fourth-order valence-corrected chi connectivity index (χ4v) is 11.0. The molecule has 102 heavy (non-hydrogen) atoms. The molecule has 38 nitrogen and oxygen atoms in total. The maximum atomic E-state index is 14.5. The topological polar surface area (TPSA) is 607 Å². The number of likely N-dealkylation sites (tertiary alicyclic amines) is 2. The Hall–Kier alpha value is -9.66. The molecule has 1 aromatic rings. The molecule has 570 valence electrons. The Morgan fingerprint density at radius 2 is 0.902 bits per heavy atom. The van der Waals surface area contributed by atoms with Crippen LogP contribution in [-0.2, 0) is 78.3 Å². The lowest BCUT2D eigenvalue weighted by atomic mass is 9.99. The summed E-state index contributed by atoms with van der Waals surface area (Å²) >= 11 is 0. The number of aliphatic hydroxyl groups excluding tert-OH is 4. The number of carbonyl (C=O) groups is 15. The minimum absolute atomic E-state index is 0.00265. The lowest BCUT2D eigenvalue weighted by Crippen LogP contribution is -2.62. The molecule has 2 saturated heterocycles. The van der Waals surface area contributed by atoms with Crippen molar-refractivity contribution < 1.29 is 103 Å². The van der Waals surface area contributed by atoms with Gasteiger partial charge >= 0.3 is 11.9 Å². The van der Waals surface area contributed by atoms with Crippen LogP contribution in [0.25, 0.3) is 0 Å². The molecule has 38 heteroatoms. The molecule has 2 aliphatic heterocycles. The van der Waals surface area contributed by atoms with E-state index >= 15 is 0 Å². The van der Waals surface area contributed by atoms with Gasteiger partial charge in [0.05, 0.1) is 26.4 Å². The van der Waals surface area contributed by atoms with E-state index in [-0.39, 0.29) is 70.0 Å². The third-order valence-electron chi connectivity index (χ3n) is 16.7. The van der Waals surface area contributed by atoms with E-state index in [1.165, 1.54) is 41.5 Å². The first-order valence-electron chi connectivity index (χ1n) is 33.7. The van der Waals surface area contributed by atoms with E-state index in [4.69, 9.17) is 17.2 Å². The van der Waals surface area contributed by atoms with Gasteiger partial charge in [-0.2, -0.15) is 0 Å². The summed E-state index contributed by atoms with van der Waals surface area (Å²) in [5.74, 6) is -17.1. The number of hydrogen-bond donors (Lipinski definition) is 20. The summed E-state index contributed by atoms with van der Waals surface area (Å²) in [5, 5.41) is 86.3. The molecule has 0 aliphatic carbocycles. The predicted molar refractivity (Wildman–Crippen MR) is 362 cm³/mol. The Bertz CT molecular complexity index is 3120. The van der Waals surface area contributed by atoms with Crippen LogP contribution in [0.2, 0.25) is 0 Å². The highest BCUT2D eigenvalue weighted by Gasteiger charge is 2.42. The molecule has 3 rings (SSSR count). The molecule has 23 N–H and O–H groups in total. The van der Waals surface area contributed by atoms with E-state index in [0.29, 0.717) is 18.4 Å². The molecule has 13 amide bonds. The molecule has 2 fully saturated rings. The lowest BCUT2D eigenvalue weighted by Gasteiger charge is -2.30. The van der Waals surface area contributed by atoms with E-state index in [2.05, 4.69) is 63.5 Å². The number of nitrogens with one attached hydrogen (secondary N) is 11. The molecule has 0 spiro atoms. The van der Waals surface area contributed by atoms with Crippen LogP contribution in [0.15, 0.2) is 35.3 Å². The Balaban J connectivity index is 1.82. The first-order valence-corrected chi connectivity index (χ1v) is 33.7. The minimum Gasteiger partial charge on any atom is -0.481 e. The van der Waals surface area contributed by atoms with E-state index in [0.717, 1.165) is 9.80 Å². The fourth-order valence-electron chi connectivity index (χ4n) is 11.0. The van der Waals surface area contributed by atoms with Crippen molar-refractivity contribution in [2.75, 3.05) is 46.1 Å². The van der Waals surface area contributed by atoms with Crippen molar-refractivity contribution in [3.63, 3.8) is 0 Å². The summed E-state index contributed by atoms with van der Waals surface area (Å²) < 4.78 is 0. The second kappa shape index (κ2) is 42.6. The summed E-state index contributed by atoms with van der Waals surface area (Å²) in [5.41, 5.74) is 17.2. The van der Waals surface area contributed by atoms with Gasteiger partial charge < -0.3 is 116 Å². The molecular weight excluding hydrogens is 1340 g/mol. The average Bonchev–Trinajstić information content (AvgIpc) is 1.58. The quantitative estimate of drug-likeness (QED) is 0.0164. The van der Waals surface area contributed by atoms with Crippen LogP contribution in [0.1, 0.15) is 119 Å². The third kappa shape index (κ3) is 27.4. The second-order valence-corrected chi connectivity index (χ2v) is 26.1. The summed E-state index contributed by atoms with van der Waals surface area (Å²) in [6, 6.07) is -12.6. The highest BCUT2D eigenvalue weighted by molar-refractivity contribution is 6.00. The summed E-state index contributed by atoms with van der Waals surface area (Å²) in [4.78, 5) is 209. The Kier molecular flexibility index (Phi) is 36.1. The number of hydrogen-bond acceptors (Lipinski definition) is 21. The molecule has 0 saturated carbocycles. The Labute approximate surface area is 589 Å². The highest BCUT2D eigenvalue weighted by Crippen LogP contribution is 2.21. The van der Waals surface area contributed by atoms with Crippen molar-refractivity contribution in [2.24, 2.45) is 39.9 Å². The molecule has 0 unspecified atom stereocenters.